The molecule has 3 N–H and O–H groups in total. The molecule has 1 saturated heterocycles. The average molecular weight is 265 g/mol. The number of amides is 2. The van der Waals surface area contributed by atoms with Crippen molar-refractivity contribution < 1.29 is 9.59 Å². The van der Waals surface area contributed by atoms with E-state index in [1.165, 1.54) is 0 Å². The molecule has 1 aliphatic rings. The summed E-state index contributed by atoms with van der Waals surface area (Å²) in [5.74, 6) is -0.361. The maximum absolute atomic E-state index is 12.0. The van der Waals surface area contributed by atoms with Crippen LogP contribution in [0.3, 0.4) is 0 Å². The molecule has 1 aliphatic heterocycles. The lowest BCUT2D eigenvalue weighted by molar-refractivity contribution is -0.146. The molecule has 0 bridgehead atoms. The summed E-state index contributed by atoms with van der Waals surface area (Å²) in [5.41, 5.74) is 0. The highest BCUT2D eigenvalue weighted by Crippen LogP contribution is 2.11. The van der Waals surface area contributed by atoms with Crippen LogP contribution in [0, 0.1) is 0 Å². The molecule has 7 nitrogen and oxygen atoms in total. The molecule has 0 aromatic carbocycles. The van der Waals surface area contributed by atoms with Gasteiger partial charge in [-0.3, -0.25) is 9.59 Å². The molecule has 1 aromatic heterocycles. The van der Waals surface area contributed by atoms with Crippen LogP contribution < -0.4 is 10.6 Å². The first-order chi connectivity index (χ1) is 9.22. The number of nitrogens with zero attached hydrogens (tertiary/aromatic N) is 2. The number of carbonyl (C=O) groups excluding carboxylic acids is 2. The molecule has 7 heteroatoms. The normalized spacial score (nSPS) is 17.0. The fraction of sp³-hybridized carbons (Fsp3) is 0.583. The number of imidazole rings is 1. The number of hydrogen-bond donors (Lipinski definition) is 3. The van der Waals surface area contributed by atoms with E-state index in [1.54, 1.807) is 17.3 Å². The minimum absolute atomic E-state index is 0.255. The Morgan fingerprint density at radius 1 is 1.47 bits per heavy atom. The number of nitrogens with one attached hydrogen (secondary N) is 3. The van der Waals surface area contributed by atoms with Gasteiger partial charge in [0.05, 0.1) is 6.04 Å². The van der Waals surface area contributed by atoms with Crippen LogP contribution >= 0.6 is 0 Å². The Balaban J connectivity index is 1.93. The van der Waals surface area contributed by atoms with E-state index in [2.05, 4.69) is 20.6 Å². The van der Waals surface area contributed by atoms with Gasteiger partial charge in [-0.15, -0.1) is 0 Å². The zero-order valence-electron chi connectivity index (χ0n) is 11.0. The summed E-state index contributed by atoms with van der Waals surface area (Å²) in [6, 6.07) is -0.255. The predicted octanol–water partition coefficient (Wildman–Crippen LogP) is -0.591. The monoisotopic (exact) mass is 265 g/mol. The first-order valence-corrected chi connectivity index (χ1v) is 6.52. The van der Waals surface area contributed by atoms with E-state index in [0.717, 1.165) is 13.1 Å². The molecule has 0 radical (unpaired) electrons. The van der Waals surface area contributed by atoms with E-state index in [4.69, 9.17) is 0 Å². The summed E-state index contributed by atoms with van der Waals surface area (Å²) in [6.45, 7) is 4.54. The topological polar surface area (TPSA) is 90.1 Å². The van der Waals surface area contributed by atoms with E-state index >= 15 is 0 Å². The smallest absolute Gasteiger partial charge is 0.311 e. The standard InChI is InChI=1S/C12H19N5O2/c1-2-9(10-14-3-4-15-10)16-11(18)12(19)17-7-5-13-6-8-17/h3-4,9,13H,2,5-8H2,1H3,(H,14,15)(H,16,18). The zero-order chi connectivity index (χ0) is 13.7. The van der Waals surface area contributed by atoms with Gasteiger partial charge < -0.3 is 20.5 Å². The van der Waals surface area contributed by atoms with Crippen LogP contribution in [-0.4, -0.2) is 52.9 Å². The van der Waals surface area contributed by atoms with Gasteiger partial charge in [0.15, 0.2) is 0 Å². The summed E-state index contributed by atoms with van der Waals surface area (Å²) in [5, 5.41) is 5.86. The number of rotatable bonds is 3. The molecule has 0 saturated carbocycles. The maximum atomic E-state index is 12.0. The van der Waals surface area contributed by atoms with E-state index in [0.29, 0.717) is 25.3 Å². The quantitative estimate of drug-likeness (QED) is 0.637. The van der Waals surface area contributed by atoms with Crippen molar-refractivity contribution in [2.75, 3.05) is 26.2 Å². The van der Waals surface area contributed by atoms with Gasteiger partial charge >= 0.3 is 11.8 Å². The predicted molar refractivity (Wildman–Crippen MR) is 69.2 cm³/mol. The van der Waals surface area contributed by atoms with Gasteiger partial charge in [-0.05, 0) is 6.42 Å². The molecule has 19 heavy (non-hydrogen) atoms. The number of hydrogen-bond acceptors (Lipinski definition) is 4. The zero-order valence-corrected chi connectivity index (χ0v) is 11.0. The molecule has 0 aliphatic carbocycles. The Bertz CT molecular complexity index is 425. The van der Waals surface area contributed by atoms with E-state index in [1.807, 2.05) is 6.92 Å². The van der Waals surface area contributed by atoms with Crippen LogP contribution in [0.4, 0.5) is 0 Å². The van der Waals surface area contributed by atoms with Crippen molar-refractivity contribution in [2.24, 2.45) is 0 Å². The van der Waals surface area contributed by atoms with Gasteiger partial charge in [0, 0.05) is 38.6 Å². The fourth-order valence-corrected chi connectivity index (χ4v) is 2.06. The molecule has 1 atom stereocenters. The third-order valence-electron chi connectivity index (χ3n) is 3.16. The lowest BCUT2D eigenvalue weighted by atomic mass is 10.2. The van der Waals surface area contributed by atoms with Crippen molar-refractivity contribution in [1.29, 1.82) is 0 Å². The SMILES string of the molecule is CCC(NC(=O)C(=O)N1CCNCC1)c1ncc[nH]1. The minimum Gasteiger partial charge on any atom is -0.347 e. The van der Waals surface area contributed by atoms with Crippen molar-refractivity contribution in [1.82, 2.24) is 25.5 Å². The molecule has 1 unspecified atom stereocenters. The highest BCUT2D eigenvalue weighted by atomic mass is 16.2. The maximum Gasteiger partial charge on any atom is 0.311 e. The van der Waals surface area contributed by atoms with Gasteiger partial charge in [-0.1, -0.05) is 6.92 Å². The van der Waals surface area contributed by atoms with Gasteiger partial charge in [0.25, 0.3) is 0 Å². The first kappa shape index (κ1) is 13.5. The Kier molecular flexibility index (Phi) is 4.51. The summed E-state index contributed by atoms with van der Waals surface area (Å²) >= 11 is 0. The summed E-state index contributed by atoms with van der Waals surface area (Å²) < 4.78 is 0. The Labute approximate surface area is 111 Å². The Morgan fingerprint density at radius 3 is 2.79 bits per heavy atom. The Hall–Kier alpha value is -1.89. The minimum atomic E-state index is -0.565. The Morgan fingerprint density at radius 2 is 2.21 bits per heavy atom. The van der Waals surface area contributed by atoms with Crippen molar-refractivity contribution in [3.63, 3.8) is 0 Å². The molecule has 1 aromatic rings. The summed E-state index contributed by atoms with van der Waals surface area (Å²) in [6.07, 6.45) is 4.00. The van der Waals surface area contributed by atoms with Crippen molar-refractivity contribution in [3.8, 4) is 0 Å². The van der Waals surface area contributed by atoms with Crippen LogP contribution in [0.1, 0.15) is 25.2 Å². The lowest BCUT2D eigenvalue weighted by Crippen LogP contribution is -2.51. The second-order valence-corrected chi connectivity index (χ2v) is 4.45. The second kappa shape index (κ2) is 6.33. The third-order valence-corrected chi connectivity index (χ3v) is 3.16. The van der Waals surface area contributed by atoms with Crippen LogP contribution in [0.5, 0.6) is 0 Å². The average Bonchev–Trinajstić information content (AvgIpc) is 2.98. The van der Waals surface area contributed by atoms with Crippen molar-refractivity contribution >= 4 is 11.8 Å². The third kappa shape index (κ3) is 3.31. The van der Waals surface area contributed by atoms with Crippen molar-refractivity contribution in [3.05, 3.63) is 18.2 Å². The van der Waals surface area contributed by atoms with Crippen molar-refractivity contribution in [2.45, 2.75) is 19.4 Å². The number of piperazine rings is 1. The van der Waals surface area contributed by atoms with Gasteiger partial charge in [0.1, 0.15) is 5.82 Å². The van der Waals surface area contributed by atoms with Crippen LogP contribution in [-0.2, 0) is 9.59 Å². The van der Waals surface area contributed by atoms with Gasteiger partial charge in [0.2, 0.25) is 0 Å². The molecule has 104 valence electrons. The number of aromatic amines is 1. The highest BCUT2D eigenvalue weighted by Gasteiger charge is 2.25. The van der Waals surface area contributed by atoms with Crippen LogP contribution in [0.15, 0.2) is 12.4 Å². The van der Waals surface area contributed by atoms with Crippen LogP contribution in [0.2, 0.25) is 0 Å². The van der Waals surface area contributed by atoms with Gasteiger partial charge in [-0.25, -0.2) is 4.98 Å². The van der Waals surface area contributed by atoms with Crippen LogP contribution in [0.25, 0.3) is 0 Å². The second-order valence-electron chi connectivity index (χ2n) is 4.45. The van der Waals surface area contributed by atoms with E-state index in [9.17, 15) is 9.59 Å². The highest BCUT2D eigenvalue weighted by molar-refractivity contribution is 6.35. The largest absolute Gasteiger partial charge is 0.347 e. The van der Waals surface area contributed by atoms with E-state index < -0.39 is 11.8 Å². The molecule has 2 heterocycles. The molecule has 0 spiro atoms. The molecule has 1 fully saturated rings. The number of aromatic nitrogens is 2. The first-order valence-electron chi connectivity index (χ1n) is 6.52. The van der Waals surface area contributed by atoms with E-state index in [-0.39, 0.29) is 6.04 Å². The number of carbonyl (C=O) groups is 2. The fourth-order valence-electron chi connectivity index (χ4n) is 2.06. The summed E-state index contributed by atoms with van der Waals surface area (Å²) in [4.78, 5) is 32.5. The lowest BCUT2D eigenvalue weighted by Gasteiger charge is -2.27. The van der Waals surface area contributed by atoms with Gasteiger partial charge in [-0.2, -0.15) is 0 Å². The molecular weight excluding hydrogens is 246 g/mol. The molecular formula is C12H19N5O2. The molecule has 2 rings (SSSR count). The number of H-pyrrole nitrogens is 1. The summed E-state index contributed by atoms with van der Waals surface area (Å²) in [7, 11) is 0. The molecule has 2 amide bonds.